The number of fused-ring (bicyclic) bond motifs is 6. The molecule has 0 N–H and O–H groups in total. The molecule has 0 radical (unpaired) electrons. The van der Waals surface area contributed by atoms with Crippen molar-refractivity contribution >= 4 is 35.6 Å². The summed E-state index contributed by atoms with van der Waals surface area (Å²) in [6.45, 7) is 15.2. The van der Waals surface area contributed by atoms with E-state index in [1.54, 1.807) is 0 Å². The van der Waals surface area contributed by atoms with Gasteiger partial charge in [-0.2, -0.15) is 0 Å². The summed E-state index contributed by atoms with van der Waals surface area (Å²) >= 11 is 0. The van der Waals surface area contributed by atoms with Gasteiger partial charge in [0.05, 0.1) is 11.1 Å². The van der Waals surface area contributed by atoms with Crippen LogP contribution in [0.1, 0.15) is 61.1 Å². The average molecular weight is 920 g/mol. The lowest BCUT2D eigenvalue weighted by Crippen LogP contribution is -2.29. The van der Waals surface area contributed by atoms with E-state index in [-0.39, 0.29) is 0 Å². The van der Waals surface area contributed by atoms with Crippen LogP contribution >= 0.6 is 7.92 Å². The molecule has 0 fully saturated rings. The molecule has 9 aromatic rings. The van der Waals surface area contributed by atoms with Crippen molar-refractivity contribution in [2.24, 2.45) is 0 Å². The van der Waals surface area contributed by atoms with E-state index in [0.29, 0.717) is 0 Å². The molecule has 340 valence electrons. The molecule has 0 spiro atoms. The minimum Gasteiger partial charge on any atom is -0.310 e. The summed E-state index contributed by atoms with van der Waals surface area (Å²) in [5.74, 6) is 0. The van der Waals surface area contributed by atoms with Gasteiger partial charge < -0.3 is 4.90 Å². The van der Waals surface area contributed by atoms with Crippen LogP contribution in [-0.4, -0.2) is 0 Å². The number of hydrogen-bond donors (Lipinski definition) is 0. The van der Waals surface area contributed by atoms with Crippen molar-refractivity contribution < 1.29 is 0 Å². The highest BCUT2D eigenvalue weighted by Gasteiger charge is 2.46. The number of benzene rings is 9. The van der Waals surface area contributed by atoms with Gasteiger partial charge in [0.2, 0.25) is 0 Å². The molecule has 2 aliphatic rings. The molecule has 70 heavy (non-hydrogen) atoms. The van der Waals surface area contributed by atoms with Gasteiger partial charge in [-0.15, -0.1) is 12.8 Å². The number of para-hydroxylation sites is 1. The molecule has 0 aromatic heterocycles. The highest BCUT2D eigenvalue weighted by molar-refractivity contribution is 7.76. The van der Waals surface area contributed by atoms with Crippen LogP contribution < -0.4 is 15.5 Å². The average Bonchev–Trinajstić information content (AvgIpc) is 3.72. The Balaban J connectivity index is 0.00000148. The molecule has 0 saturated heterocycles. The largest absolute Gasteiger partial charge is 0.310 e. The second kappa shape index (κ2) is 20.7. The predicted octanol–water partition coefficient (Wildman–Crippen LogP) is 17.7. The first-order valence-electron chi connectivity index (χ1n) is 24.2. The normalized spacial score (nSPS) is 13.4. The first-order chi connectivity index (χ1) is 34.4. The van der Waals surface area contributed by atoms with Crippen LogP contribution in [0.15, 0.2) is 249 Å². The minimum absolute atomic E-state index is 0.535. The zero-order valence-corrected chi connectivity index (χ0v) is 41.7. The number of rotatable bonds is 9. The summed E-state index contributed by atoms with van der Waals surface area (Å²) in [6.07, 6.45) is 14.6. The lowest BCUT2D eigenvalue weighted by Gasteiger charge is -2.36. The quantitative estimate of drug-likeness (QED) is 0.0792. The Hall–Kier alpha value is -8.01. The van der Waals surface area contributed by atoms with E-state index < -0.39 is 13.3 Å². The fraction of sp³-hybridized carbons (Fsp3) is 0.0882. The third-order valence-corrected chi connectivity index (χ3v) is 16.1. The SMILES string of the molecule is C#C.C=C1c2ccccc2-c2ccc(-c3ccc(-c4ccc5c(c4)C(c4ccccc4)(c4ccccc4)c4cc(P(/C(C)=C/C=C\C)c6ccccc6)ccc4-5)cc3)cc2N1c1ccccc1C.CC. The maximum absolute atomic E-state index is 4.65. The van der Waals surface area contributed by atoms with Gasteiger partial charge in [-0.3, -0.25) is 0 Å². The first kappa shape index (κ1) is 47.1. The second-order valence-electron chi connectivity index (χ2n) is 17.4. The molecule has 9 aromatic carbocycles. The van der Waals surface area contributed by atoms with Crippen LogP contribution in [0.4, 0.5) is 11.4 Å². The first-order valence-corrected chi connectivity index (χ1v) is 25.6. The fourth-order valence-electron chi connectivity index (χ4n) is 10.5. The molecule has 11 rings (SSSR count). The molecule has 2 heteroatoms. The zero-order chi connectivity index (χ0) is 48.8. The van der Waals surface area contributed by atoms with Gasteiger partial charge in [0, 0.05) is 22.5 Å². The molecule has 1 nitrogen and oxygen atoms in total. The van der Waals surface area contributed by atoms with E-state index in [9.17, 15) is 0 Å². The Kier molecular flexibility index (Phi) is 13.9. The van der Waals surface area contributed by atoms with Crippen LogP contribution in [-0.2, 0) is 5.41 Å². The van der Waals surface area contributed by atoms with Gasteiger partial charge in [-0.25, -0.2) is 0 Å². The van der Waals surface area contributed by atoms with E-state index in [4.69, 9.17) is 0 Å². The van der Waals surface area contributed by atoms with Crippen molar-refractivity contribution in [3.05, 3.63) is 282 Å². The van der Waals surface area contributed by atoms with E-state index in [1.807, 2.05) is 13.8 Å². The summed E-state index contributed by atoms with van der Waals surface area (Å²) in [6, 6.07) is 81.2. The van der Waals surface area contributed by atoms with Crippen molar-refractivity contribution in [2.75, 3.05) is 4.90 Å². The summed E-state index contributed by atoms with van der Waals surface area (Å²) in [5.41, 5.74) is 20.0. The minimum atomic E-state index is -0.780. The van der Waals surface area contributed by atoms with Gasteiger partial charge in [0.15, 0.2) is 0 Å². The van der Waals surface area contributed by atoms with Crippen LogP contribution in [0.5, 0.6) is 0 Å². The monoisotopic (exact) mass is 919 g/mol. The van der Waals surface area contributed by atoms with Crippen molar-refractivity contribution in [3.63, 3.8) is 0 Å². The molecule has 1 unspecified atom stereocenters. The maximum atomic E-state index is 4.65. The lowest BCUT2D eigenvalue weighted by atomic mass is 9.67. The number of aryl methyl sites for hydroxylation is 1. The van der Waals surface area contributed by atoms with Gasteiger partial charge in [-0.1, -0.05) is 233 Å². The number of terminal acetylenes is 1. The number of hydrogen-bond acceptors (Lipinski definition) is 1. The van der Waals surface area contributed by atoms with Crippen LogP contribution in [0, 0.1) is 19.8 Å². The summed E-state index contributed by atoms with van der Waals surface area (Å²) in [5, 5.41) is 4.08. The number of anilines is 2. The molecule has 1 aliphatic heterocycles. The van der Waals surface area contributed by atoms with Crippen molar-refractivity contribution in [3.8, 4) is 57.4 Å². The Bertz CT molecular complexity index is 3350. The molecule has 1 atom stereocenters. The van der Waals surface area contributed by atoms with Gasteiger partial charge in [0.1, 0.15) is 0 Å². The molecule has 0 bridgehead atoms. The highest BCUT2D eigenvalue weighted by atomic mass is 31.1. The Labute approximate surface area is 417 Å². The van der Waals surface area contributed by atoms with Crippen molar-refractivity contribution in [1.82, 2.24) is 0 Å². The number of allylic oxidation sites excluding steroid dienone is 4. The smallest absolute Gasteiger partial charge is 0.0714 e. The Morgan fingerprint density at radius 2 is 0.971 bits per heavy atom. The summed E-state index contributed by atoms with van der Waals surface area (Å²) < 4.78 is 0. The molecule has 1 aliphatic carbocycles. The third-order valence-electron chi connectivity index (χ3n) is 13.6. The van der Waals surface area contributed by atoms with E-state index >= 15 is 0 Å². The Morgan fingerprint density at radius 3 is 1.57 bits per heavy atom. The van der Waals surface area contributed by atoms with Gasteiger partial charge >= 0.3 is 0 Å². The van der Waals surface area contributed by atoms with Crippen LogP contribution in [0.25, 0.3) is 50.2 Å². The zero-order valence-electron chi connectivity index (χ0n) is 40.8. The van der Waals surface area contributed by atoms with E-state index in [1.165, 1.54) is 88.2 Å². The standard InChI is InChI=1S/C64H50NP.C2H6.C2H2/c1-5-6-21-45(3)66(53-26-14-9-15-27-53)54-37-40-58-57-38-35-49(41-60(57)64(61(58)43-54,51-22-10-7-11-23-51)52-24-12-8-13-25-52)47-31-33-48(34-32-47)50-36-39-59-56-29-18-17-28-55(56)46(4)65(63(59)42-50)62-30-19-16-20-44(62)2;2*1-2/h5-43H,4H2,1-3H3;1-2H3;1-2H/b6-5-,45-21+;;. The summed E-state index contributed by atoms with van der Waals surface area (Å²) in [7, 11) is -0.780. The fourth-order valence-corrected chi connectivity index (χ4v) is 12.8. The third kappa shape index (κ3) is 8.26. The predicted molar refractivity (Wildman–Crippen MR) is 305 cm³/mol. The topological polar surface area (TPSA) is 3.24 Å². The molecule has 1 heterocycles. The lowest BCUT2D eigenvalue weighted by molar-refractivity contribution is 0.769. The van der Waals surface area contributed by atoms with Crippen LogP contribution in [0.2, 0.25) is 0 Å². The Morgan fingerprint density at radius 1 is 0.486 bits per heavy atom. The van der Waals surface area contributed by atoms with Gasteiger partial charge in [0.25, 0.3) is 0 Å². The second-order valence-corrected chi connectivity index (χ2v) is 19.8. The van der Waals surface area contributed by atoms with E-state index in [0.717, 1.165) is 22.6 Å². The molecule has 0 amide bonds. The van der Waals surface area contributed by atoms with Crippen molar-refractivity contribution in [1.29, 1.82) is 0 Å². The van der Waals surface area contributed by atoms with E-state index in [2.05, 4.69) is 282 Å². The summed E-state index contributed by atoms with van der Waals surface area (Å²) in [4.78, 5) is 2.34. The van der Waals surface area contributed by atoms with Gasteiger partial charge in [-0.05, 0) is 136 Å². The highest BCUT2D eigenvalue weighted by Crippen LogP contribution is 2.58. The molecule has 0 saturated carbocycles. The number of nitrogens with zero attached hydrogens (tertiary/aromatic N) is 1. The maximum Gasteiger partial charge on any atom is 0.0714 e. The molecular formula is C68H58NP. The van der Waals surface area contributed by atoms with Crippen LogP contribution in [0.3, 0.4) is 0 Å². The van der Waals surface area contributed by atoms with Crippen molar-refractivity contribution in [2.45, 2.75) is 40.0 Å². The molecular weight excluding hydrogens is 862 g/mol.